The van der Waals surface area contributed by atoms with Crippen LogP contribution in [0.25, 0.3) is 0 Å². The molecule has 1 unspecified atom stereocenters. The molecule has 0 aromatic carbocycles. The molecule has 0 bridgehead atoms. The Morgan fingerprint density at radius 3 is 2.00 bits per heavy atom. The van der Waals surface area contributed by atoms with Crippen LogP contribution in [0.3, 0.4) is 0 Å². The molecular formula is CH5ClNP. The zero-order valence-electron chi connectivity index (χ0n) is 2.40. The second-order valence-electron chi connectivity index (χ2n) is 0.525. The van der Waals surface area contributed by atoms with E-state index in [9.17, 15) is 0 Å². The molecule has 1 atom stereocenters. The third-order valence-corrected chi connectivity index (χ3v) is 0. The Balaban J connectivity index is 2.32. The van der Waals surface area contributed by atoms with Gasteiger partial charge >= 0.3 is 0 Å². The van der Waals surface area contributed by atoms with E-state index in [-0.39, 0.29) is 0 Å². The smallest absolute Gasteiger partial charge is 0.00594 e. The lowest BCUT2D eigenvalue weighted by Crippen LogP contribution is -1.75. The van der Waals surface area contributed by atoms with Gasteiger partial charge in [0, 0.05) is 7.05 Å². The summed E-state index contributed by atoms with van der Waals surface area (Å²) >= 11 is 5.07. The van der Waals surface area contributed by atoms with Crippen LogP contribution in [0.5, 0.6) is 0 Å². The van der Waals surface area contributed by atoms with Crippen LogP contribution in [-0.4, -0.2) is 11.2 Å². The lowest BCUT2D eigenvalue weighted by molar-refractivity contribution is 0.923. The third-order valence-electron chi connectivity index (χ3n) is 0. The largest absolute Gasteiger partial charge is 0.208 e. The van der Waals surface area contributed by atoms with E-state index in [2.05, 4.69) is 9.39 Å². The van der Waals surface area contributed by atoms with E-state index >= 15 is 0 Å². The van der Waals surface area contributed by atoms with Gasteiger partial charge in [-0.25, -0.2) is 4.19 Å². The van der Waals surface area contributed by atoms with Crippen LogP contribution in [0.2, 0.25) is 0 Å². The van der Waals surface area contributed by atoms with E-state index in [1.54, 1.807) is 7.05 Å². The fraction of sp³-hybridized carbons (Fsp3) is 1.00. The summed E-state index contributed by atoms with van der Waals surface area (Å²) in [6.07, 6.45) is 0. The van der Waals surface area contributed by atoms with Gasteiger partial charge in [0.1, 0.15) is 0 Å². The van der Waals surface area contributed by atoms with Gasteiger partial charge in [-0.05, 0) is 21.2 Å². The normalized spacial score (nSPS) is 9.00. The third kappa shape index (κ3) is 16.4. The first-order valence-corrected chi connectivity index (χ1v) is 1.73. The Bertz CT molecular complexity index is 12.8. The van der Waals surface area contributed by atoms with Gasteiger partial charge in [-0.15, -0.1) is 0 Å². The molecule has 0 amide bonds. The molecule has 0 aliphatic heterocycles. The van der Waals surface area contributed by atoms with Crippen LogP contribution in [0.1, 0.15) is 0 Å². The first-order valence-electron chi connectivity index (χ1n) is 0.874. The monoisotopic (exact) mass is 97.0 g/mol. The molecule has 26 valence electrons. The number of rotatable bonds is 0. The molecule has 0 aromatic heterocycles. The van der Waals surface area contributed by atoms with Crippen molar-refractivity contribution in [1.29, 1.82) is 0 Å². The first-order chi connectivity index (χ1) is 1.73. The van der Waals surface area contributed by atoms with E-state index in [4.69, 9.17) is 11.8 Å². The SMILES string of the molecule is CN(P)Cl. The highest BCUT2D eigenvalue weighted by Crippen LogP contribution is 1.92. The maximum absolute atomic E-state index is 5.07. The molecule has 0 radical (unpaired) electrons. The molecule has 3 heteroatoms. The predicted molar refractivity (Wildman–Crippen MR) is 23.3 cm³/mol. The summed E-state index contributed by atoms with van der Waals surface area (Å²) in [5.74, 6) is 0. The van der Waals surface area contributed by atoms with Gasteiger partial charge < -0.3 is 0 Å². The molecule has 0 fully saturated rings. The number of halogens is 1. The quantitative estimate of drug-likeness (QED) is 0.320. The van der Waals surface area contributed by atoms with E-state index in [0.29, 0.717) is 0 Å². The molecule has 0 aromatic rings. The van der Waals surface area contributed by atoms with Crippen molar-refractivity contribution in [2.24, 2.45) is 0 Å². The standard InChI is InChI=1S/CH5ClNP/c1-3(2)4/h4H2,1H3. The molecule has 0 N–H and O–H groups in total. The molecule has 0 aliphatic rings. The van der Waals surface area contributed by atoms with Crippen LogP contribution >= 0.6 is 21.2 Å². The molecule has 0 saturated carbocycles. The van der Waals surface area contributed by atoms with Crippen LogP contribution in [0, 0.1) is 0 Å². The highest BCUT2D eigenvalue weighted by Gasteiger charge is 1.62. The second-order valence-corrected chi connectivity index (χ2v) is 2.16. The van der Waals surface area contributed by atoms with Gasteiger partial charge in [0.25, 0.3) is 0 Å². The summed E-state index contributed by atoms with van der Waals surface area (Å²) in [5.41, 5.74) is 0. The Kier molecular flexibility index (Phi) is 2.28. The lowest BCUT2D eigenvalue weighted by atomic mass is 11.6. The number of hydrogen-bond acceptors (Lipinski definition) is 1. The lowest BCUT2D eigenvalue weighted by Gasteiger charge is -1.85. The zero-order chi connectivity index (χ0) is 3.58. The number of nitrogens with zero attached hydrogens (tertiary/aromatic N) is 1. The average Bonchev–Trinajstić information content (AvgIpc) is 0.811. The van der Waals surface area contributed by atoms with Gasteiger partial charge in [0.15, 0.2) is 0 Å². The van der Waals surface area contributed by atoms with Crippen LogP contribution in [-0.2, 0) is 0 Å². The molecule has 0 heterocycles. The van der Waals surface area contributed by atoms with Gasteiger partial charge in [0.2, 0.25) is 0 Å². The van der Waals surface area contributed by atoms with Crippen molar-refractivity contribution in [3.05, 3.63) is 0 Å². The summed E-state index contributed by atoms with van der Waals surface area (Å²) in [7, 11) is 3.98. The zero-order valence-corrected chi connectivity index (χ0v) is 4.31. The molecule has 0 aliphatic carbocycles. The molecular weight excluding hydrogens is 92.4 g/mol. The topological polar surface area (TPSA) is 3.24 Å². The van der Waals surface area contributed by atoms with Crippen molar-refractivity contribution >= 4 is 21.2 Å². The van der Waals surface area contributed by atoms with Crippen LogP contribution in [0.4, 0.5) is 0 Å². The molecule has 4 heavy (non-hydrogen) atoms. The van der Waals surface area contributed by atoms with Gasteiger partial charge in [-0.3, -0.25) is 0 Å². The summed E-state index contributed by atoms with van der Waals surface area (Å²) < 4.78 is 1.39. The van der Waals surface area contributed by atoms with Gasteiger partial charge in [-0.1, -0.05) is 0 Å². The minimum atomic E-state index is 1.39. The Morgan fingerprint density at radius 2 is 2.00 bits per heavy atom. The highest BCUT2D eigenvalue weighted by molar-refractivity contribution is 7.15. The fourth-order valence-corrected chi connectivity index (χ4v) is 0. The van der Waals surface area contributed by atoms with E-state index < -0.39 is 0 Å². The Hall–Kier alpha value is 0.680. The summed E-state index contributed by atoms with van der Waals surface area (Å²) in [5, 5.41) is 0. The van der Waals surface area contributed by atoms with Crippen LogP contribution in [0.15, 0.2) is 0 Å². The fourth-order valence-electron chi connectivity index (χ4n) is 0. The van der Waals surface area contributed by atoms with Crippen molar-refractivity contribution in [2.75, 3.05) is 7.05 Å². The second kappa shape index (κ2) is 1.95. The molecule has 0 spiro atoms. The predicted octanol–water partition coefficient (Wildman–Crippen LogP) is 0.862. The number of hydrogen-bond donors (Lipinski definition) is 0. The highest BCUT2D eigenvalue weighted by atomic mass is 35.5. The maximum atomic E-state index is 5.07. The van der Waals surface area contributed by atoms with Crippen molar-refractivity contribution in [3.63, 3.8) is 0 Å². The van der Waals surface area contributed by atoms with Crippen molar-refractivity contribution in [2.45, 2.75) is 0 Å². The van der Waals surface area contributed by atoms with E-state index in [1.807, 2.05) is 0 Å². The minimum absolute atomic E-state index is 1.39. The summed E-state index contributed by atoms with van der Waals surface area (Å²) in [6, 6.07) is 0. The average molecular weight is 97.5 g/mol. The molecule has 0 saturated heterocycles. The molecule has 1 nitrogen and oxygen atoms in total. The van der Waals surface area contributed by atoms with Crippen molar-refractivity contribution in [3.8, 4) is 0 Å². The Morgan fingerprint density at radius 1 is 2.00 bits per heavy atom. The molecule has 0 rings (SSSR count). The first kappa shape index (κ1) is 4.68. The van der Waals surface area contributed by atoms with Crippen molar-refractivity contribution < 1.29 is 0 Å². The van der Waals surface area contributed by atoms with E-state index in [1.165, 1.54) is 4.19 Å². The van der Waals surface area contributed by atoms with Gasteiger partial charge in [-0.2, -0.15) is 0 Å². The van der Waals surface area contributed by atoms with Crippen LogP contribution < -0.4 is 0 Å². The summed E-state index contributed by atoms with van der Waals surface area (Å²) in [6.45, 7) is 0. The Labute approximate surface area is 33.3 Å². The van der Waals surface area contributed by atoms with E-state index in [0.717, 1.165) is 0 Å². The minimum Gasteiger partial charge on any atom is -0.208 e. The van der Waals surface area contributed by atoms with Gasteiger partial charge in [0.05, 0.1) is 0 Å². The van der Waals surface area contributed by atoms with Crippen molar-refractivity contribution in [1.82, 2.24) is 4.19 Å². The summed E-state index contributed by atoms with van der Waals surface area (Å²) in [4.78, 5) is 0. The maximum Gasteiger partial charge on any atom is 0.00594 e.